The van der Waals surface area contributed by atoms with Crippen molar-refractivity contribution in [1.82, 2.24) is 5.32 Å². The van der Waals surface area contributed by atoms with Crippen LogP contribution in [-0.4, -0.2) is 17.2 Å². The zero-order valence-electron chi connectivity index (χ0n) is 5.43. The third-order valence-electron chi connectivity index (χ3n) is 0.701. The summed E-state index contributed by atoms with van der Waals surface area (Å²) in [4.78, 5) is 9.91. The van der Waals surface area contributed by atoms with Gasteiger partial charge in [0.25, 0.3) is 0 Å². The van der Waals surface area contributed by atoms with E-state index >= 15 is 0 Å². The first-order chi connectivity index (χ1) is 4.16. The second-order valence-electron chi connectivity index (χ2n) is 1.57. The average Bonchev–Trinajstić information content (AvgIpc) is 1.63. The normalized spacial score (nSPS) is 10.9. The number of nitrogens with one attached hydrogen (secondary N) is 1. The summed E-state index contributed by atoms with van der Waals surface area (Å²) in [7, 11) is 0. The van der Waals surface area contributed by atoms with Gasteiger partial charge in [-0.15, -0.1) is 5.92 Å². The Morgan fingerprint density at radius 1 is 1.78 bits per heavy atom. The van der Waals surface area contributed by atoms with Gasteiger partial charge in [-0.05, 0) is 13.8 Å². The van der Waals surface area contributed by atoms with Crippen LogP contribution in [0.4, 0.5) is 4.79 Å². The summed E-state index contributed by atoms with van der Waals surface area (Å²) >= 11 is 0. The Hall–Kier alpha value is -1.17. The summed E-state index contributed by atoms with van der Waals surface area (Å²) in [6.07, 6.45) is -1.04. The molecule has 0 bridgehead atoms. The molecule has 0 aliphatic rings. The molecule has 0 aromatic rings. The number of amides is 1. The van der Waals surface area contributed by atoms with Crippen molar-refractivity contribution in [3.63, 3.8) is 0 Å². The maximum Gasteiger partial charge on any atom is 0.405 e. The molecule has 0 aliphatic heterocycles. The molecule has 9 heavy (non-hydrogen) atoms. The molecule has 0 aromatic heterocycles. The number of carboxylic acid groups (broad SMARTS) is 1. The maximum atomic E-state index is 9.91. The van der Waals surface area contributed by atoms with Crippen molar-refractivity contribution in [2.24, 2.45) is 0 Å². The minimum Gasteiger partial charge on any atom is -0.465 e. The smallest absolute Gasteiger partial charge is 0.405 e. The highest BCUT2D eigenvalue weighted by Gasteiger charge is 1.97. The van der Waals surface area contributed by atoms with Crippen LogP contribution >= 0.6 is 0 Å². The van der Waals surface area contributed by atoms with Gasteiger partial charge in [-0.1, -0.05) is 5.92 Å². The molecule has 3 nitrogen and oxygen atoms in total. The topological polar surface area (TPSA) is 49.3 Å². The van der Waals surface area contributed by atoms with Crippen LogP contribution in [0.25, 0.3) is 0 Å². The predicted molar refractivity (Wildman–Crippen MR) is 34.1 cm³/mol. The summed E-state index contributed by atoms with van der Waals surface area (Å²) in [6.45, 7) is 3.35. The van der Waals surface area contributed by atoms with Crippen LogP contribution in [-0.2, 0) is 0 Å². The minimum atomic E-state index is -1.04. The molecule has 0 fully saturated rings. The number of hydrogen-bond acceptors (Lipinski definition) is 1. The fourth-order valence-electron chi connectivity index (χ4n) is 0.438. The molecular formula is C6H9NO2. The zero-order chi connectivity index (χ0) is 7.28. The molecule has 1 atom stereocenters. The summed E-state index contributed by atoms with van der Waals surface area (Å²) in [5.74, 6) is 5.23. The molecule has 50 valence electrons. The van der Waals surface area contributed by atoms with E-state index in [4.69, 9.17) is 5.11 Å². The van der Waals surface area contributed by atoms with Crippen LogP contribution in [0.15, 0.2) is 0 Å². The Morgan fingerprint density at radius 3 is 2.67 bits per heavy atom. The quantitative estimate of drug-likeness (QED) is 0.508. The number of hydrogen-bond donors (Lipinski definition) is 2. The Kier molecular flexibility index (Phi) is 3.29. The molecule has 0 rings (SSSR count). The summed E-state index contributed by atoms with van der Waals surface area (Å²) in [5, 5.41) is 10.3. The number of carbonyl (C=O) groups is 1. The highest BCUT2D eigenvalue weighted by atomic mass is 16.4. The molecule has 0 radical (unpaired) electrons. The Balaban J connectivity index is 3.59. The molecule has 0 aromatic carbocycles. The van der Waals surface area contributed by atoms with Crippen molar-refractivity contribution < 1.29 is 9.90 Å². The van der Waals surface area contributed by atoms with E-state index in [2.05, 4.69) is 17.2 Å². The monoisotopic (exact) mass is 127 g/mol. The van der Waals surface area contributed by atoms with Crippen molar-refractivity contribution in [2.45, 2.75) is 19.9 Å². The lowest BCUT2D eigenvalue weighted by atomic mass is 10.3. The van der Waals surface area contributed by atoms with E-state index in [0.29, 0.717) is 0 Å². The average molecular weight is 127 g/mol. The van der Waals surface area contributed by atoms with Crippen LogP contribution in [0.1, 0.15) is 13.8 Å². The van der Waals surface area contributed by atoms with E-state index in [-0.39, 0.29) is 6.04 Å². The summed E-state index contributed by atoms with van der Waals surface area (Å²) in [6, 6.07) is -0.271. The van der Waals surface area contributed by atoms with Crippen molar-refractivity contribution in [2.75, 3.05) is 0 Å². The van der Waals surface area contributed by atoms with Crippen LogP contribution in [0, 0.1) is 11.8 Å². The lowest BCUT2D eigenvalue weighted by Gasteiger charge is -2.00. The van der Waals surface area contributed by atoms with Crippen LogP contribution in [0.3, 0.4) is 0 Å². The Morgan fingerprint density at radius 2 is 2.33 bits per heavy atom. The van der Waals surface area contributed by atoms with E-state index in [1.165, 1.54) is 0 Å². The van der Waals surface area contributed by atoms with E-state index in [9.17, 15) is 4.79 Å². The minimum absolute atomic E-state index is 0.271. The summed E-state index contributed by atoms with van der Waals surface area (Å²) < 4.78 is 0. The molecule has 0 unspecified atom stereocenters. The van der Waals surface area contributed by atoms with Gasteiger partial charge >= 0.3 is 6.09 Å². The first-order valence-electron chi connectivity index (χ1n) is 2.58. The van der Waals surface area contributed by atoms with Gasteiger partial charge in [0.2, 0.25) is 0 Å². The van der Waals surface area contributed by atoms with Crippen molar-refractivity contribution in [1.29, 1.82) is 0 Å². The molecule has 0 heterocycles. The van der Waals surface area contributed by atoms with E-state index in [1.54, 1.807) is 13.8 Å². The predicted octanol–water partition coefficient (Wildman–Crippen LogP) is 0.666. The lowest BCUT2D eigenvalue weighted by Crippen LogP contribution is -2.29. The molecule has 1 amide bonds. The highest BCUT2D eigenvalue weighted by molar-refractivity contribution is 5.65. The van der Waals surface area contributed by atoms with Gasteiger partial charge in [0, 0.05) is 0 Å². The third kappa shape index (κ3) is 4.69. The number of rotatable bonds is 1. The maximum absolute atomic E-state index is 9.91. The molecule has 0 spiro atoms. The van der Waals surface area contributed by atoms with Crippen molar-refractivity contribution >= 4 is 6.09 Å². The standard InChI is InChI=1S/C6H9NO2/c1-3-4-5(2)7-6(8)9/h5,7H,1-2H3,(H,8,9)/t5-/m1/s1. The van der Waals surface area contributed by atoms with Gasteiger partial charge in [-0.3, -0.25) is 0 Å². The van der Waals surface area contributed by atoms with Gasteiger partial charge in [-0.2, -0.15) is 0 Å². The van der Waals surface area contributed by atoms with Crippen molar-refractivity contribution in [3.8, 4) is 11.8 Å². The Labute approximate surface area is 54.1 Å². The van der Waals surface area contributed by atoms with Crippen LogP contribution < -0.4 is 5.32 Å². The Bertz CT molecular complexity index is 154. The lowest BCUT2D eigenvalue weighted by molar-refractivity contribution is 0.193. The van der Waals surface area contributed by atoms with E-state index < -0.39 is 6.09 Å². The largest absolute Gasteiger partial charge is 0.465 e. The van der Waals surface area contributed by atoms with Crippen LogP contribution in [0.5, 0.6) is 0 Å². The van der Waals surface area contributed by atoms with E-state index in [0.717, 1.165) is 0 Å². The molecule has 3 heteroatoms. The van der Waals surface area contributed by atoms with Gasteiger partial charge in [-0.25, -0.2) is 4.79 Å². The van der Waals surface area contributed by atoms with Gasteiger partial charge < -0.3 is 10.4 Å². The van der Waals surface area contributed by atoms with Gasteiger partial charge in [0.1, 0.15) is 0 Å². The fraction of sp³-hybridized carbons (Fsp3) is 0.500. The SMILES string of the molecule is CC#C[C@@H](C)NC(=O)O. The fourth-order valence-corrected chi connectivity index (χ4v) is 0.438. The molecule has 2 N–H and O–H groups in total. The highest BCUT2D eigenvalue weighted by Crippen LogP contribution is 1.75. The molecular weight excluding hydrogens is 118 g/mol. The second-order valence-corrected chi connectivity index (χ2v) is 1.57. The second kappa shape index (κ2) is 3.79. The molecule has 0 aliphatic carbocycles. The summed E-state index contributed by atoms with van der Waals surface area (Å²) in [5.41, 5.74) is 0. The van der Waals surface area contributed by atoms with Crippen molar-refractivity contribution in [3.05, 3.63) is 0 Å². The van der Waals surface area contributed by atoms with Gasteiger partial charge in [0.05, 0.1) is 6.04 Å². The molecule has 0 saturated carbocycles. The molecule has 0 saturated heterocycles. The third-order valence-corrected chi connectivity index (χ3v) is 0.701. The first kappa shape index (κ1) is 7.83. The first-order valence-corrected chi connectivity index (χ1v) is 2.58. The zero-order valence-corrected chi connectivity index (χ0v) is 5.43. The van der Waals surface area contributed by atoms with E-state index in [1.807, 2.05) is 0 Å². The van der Waals surface area contributed by atoms with Crippen LogP contribution in [0.2, 0.25) is 0 Å². The van der Waals surface area contributed by atoms with Gasteiger partial charge in [0.15, 0.2) is 0 Å².